The molecular weight excluding hydrogens is 381 g/mol. The van der Waals surface area contributed by atoms with Crippen molar-refractivity contribution in [2.75, 3.05) is 14.2 Å². The Balaban J connectivity index is 2.13. The lowest BCUT2D eigenvalue weighted by Crippen LogP contribution is -2.10. The number of Topliss-reactive ketones (excluding diaryl/α,β-unsaturated/α-hetero) is 1. The van der Waals surface area contributed by atoms with Crippen molar-refractivity contribution in [3.05, 3.63) is 57.6 Å². The highest BCUT2D eigenvalue weighted by atomic mass is 79.9. The van der Waals surface area contributed by atoms with Crippen molar-refractivity contribution < 1.29 is 23.5 Å². The molecule has 0 aliphatic heterocycles. The predicted molar refractivity (Wildman–Crippen MR) is 88.6 cm³/mol. The molecule has 0 saturated carbocycles. The maximum atomic E-state index is 14.0. The number of carbonyl (C=O) groups excluding carboxylic acids is 2. The Kier molecular flexibility index (Phi) is 6.03. The van der Waals surface area contributed by atoms with Crippen molar-refractivity contribution in [3.8, 4) is 5.75 Å². The lowest BCUT2D eigenvalue weighted by atomic mass is 10.0. The molecule has 1 heterocycles. The zero-order chi connectivity index (χ0) is 17.7. The lowest BCUT2D eigenvalue weighted by Gasteiger charge is -2.08. The van der Waals surface area contributed by atoms with Gasteiger partial charge in [0.25, 0.3) is 0 Å². The number of benzene rings is 1. The number of methoxy groups -OCH3 is 2. The molecule has 1 aromatic heterocycles. The first-order valence-corrected chi connectivity index (χ1v) is 7.80. The van der Waals surface area contributed by atoms with Gasteiger partial charge in [0.2, 0.25) is 0 Å². The van der Waals surface area contributed by atoms with E-state index in [0.29, 0.717) is 15.8 Å². The average molecular weight is 396 g/mol. The van der Waals surface area contributed by atoms with Gasteiger partial charge < -0.3 is 9.47 Å². The molecule has 0 aliphatic carbocycles. The van der Waals surface area contributed by atoms with E-state index in [1.54, 1.807) is 6.07 Å². The zero-order valence-corrected chi connectivity index (χ0v) is 14.7. The van der Waals surface area contributed by atoms with Gasteiger partial charge in [-0.15, -0.1) is 0 Å². The molecule has 0 N–H and O–H groups in total. The van der Waals surface area contributed by atoms with Crippen LogP contribution in [-0.4, -0.2) is 31.0 Å². The predicted octanol–water partition coefficient (Wildman–Crippen LogP) is 3.13. The normalized spacial score (nSPS) is 10.3. The number of rotatable bonds is 6. The second-order valence-electron chi connectivity index (χ2n) is 5.01. The number of ketones is 1. The molecule has 0 unspecified atom stereocenters. The van der Waals surface area contributed by atoms with Gasteiger partial charge in [0.1, 0.15) is 23.0 Å². The minimum atomic E-state index is -0.576. The van der Waals surface area contributed by atoms with Gasteiger partial charge in [0, 0.05) is 19.0 Å². The molecule has 1 aromatic carbocycles. The molecule has 0 bridgehead atoms. The van der Waals surface area contributed by atoms with Crippen LogP contribution in [0.15, 0.2) is 34.9 Å². The Labute approximate surface area is 146 Å². The van der Waals surface area contributed by atoms with Crippen molar-refractivity contribution in [2.24, 2.45) is 0 Å². The highest BCUT2D eigenvalue weighted by Gasteiger charge is 2.14. The SMILES string of the molecule is COC(=O)c1cc(CC(=O)Cc2cc(OC)c(Br)cc2F)ccn1. The van der Waals surface area contributed by atoms with Crippen LogP contribution in [0.2, 0.25) is 0 Å². The summed E-state index contributed by atoms with van der Waals surface area (Å²) in [5, 5.41) is 0. The van der Waals surface area contributed by atoms with Crippen molar-refractivity contribution in [3.63, 3.8) is 0 Å². The largest absolute Gasteiger partial charge is 0.496 e. The summed E-state index contributed by atoms with van der Waals surface area (Å²) in [6.07, 6.45) is 1.41. The van der Waals surface area contributed by atoms with E-state index in [4.69, 9.17) is 4.74 Å². The number of esters is 1. The summed E-state index contributed by atoms with van der Waals surface area (Å²) in [6.45, 7) is 0. The maximum absolute atomic E-state index is 14.0. The van der Waals surface area contributed by atoms with Gasteiger partial charge in [-0.3, -0.25) is 4.79 Å². The molecule has 0 amide bonds. The van der Waals surface area contributed by atoms with Crippen LogP contribution in [0, 0.1) is 5.82 Å². The van der Waals surface area contributed by atoms with Gasteiger partial charge >= 0.3 is 5.97 Å². The second-order valence-corrected chi connectivity index (χ2v) is 5.87. The van der Waals surface area contributed by atoms with Crippen LogP contribution in [0.1, 0.15) is 21.6 Å². The van der Waals surface area contributed by atoms with Gasteiger partial charge in [0.05, 0.1) is 18.7 Å². The van der Waals surface area contributed by atoms with Gasteiger partial charge in [-0.2, -0.15) is 0 Å². The number of ether oxygens (including phenoxy) is 2. The lowest BCUT2D eigenvalue weighted by molar-refractivity contribution is -0.117. The van der Waals surface area contributed by atoms with E-state index in [1.165, 1.54) is 38.6 Å². The summed E-state index contributed by atoms with van der Waals surface area (Å²) in [5.74, 6) is -0.801. The Morgan fingerprint density at radius 1 is 1.21 bits per heavy atom. The van der Waals surface area contributed by atoms with Crippen molar-refractivity contribution in [2.45, 2.75) is 12.8 Å². The van der Waals surface area contributed by atoms with Gasteiger partial charge in [-0.25, -0.2) is 14.2 Å². The van der Waals surface area contributed by atoms with Crippen LogP contribution < -0.4 is 4.74 Å². The molecule has 24 heavy (non-hydrogen) atoms. The molecular formula is C17H15BrFNO4. The Morgan fingerprint density at radius 2 is 1.96 bits per heavy atom. The first-order valence-electron chi connectivity index (χ1n) is 7.01. The zero-order valence-electron chi connectivity index (χ0n) is 13.1. The molecule has 7 heteroatoms. The van der Waals surface area contributed by atoms with Crippen LogP contribution >= 0.6 is 15.9 Å². The van der Waals surface area contributed by atoms with Gasteiger partial charge in [0.15, 0.2) is 0 Å². The van der Waals surface area contributed by atoms with E-state index in [9.17, 15) is 14.0 Å². The highest BCUT2D eigenvalue weighted by Crippen LogP contribution is 2.28. The van der Waals surface area contributed by atoms with Crippen LogP contribution in [-0.2, 0) is 22.4 Å². The minimum absolute atomic E-state index is 0.0599. The smallest absolute Gasteiger partial charge is 0.356 e. The Bertz CT molecular complexity index is 779. The number of pyridine rings is 1. The third-order valence-corrected chi connectivity index (χ3v) is 3.95. The monoisotopic (exact) mass is 395 g/mol. The molecule has 0 fully saturated rings. The molecule has 0 spiro atoms. The van der Waals surface area contributed by atoms with E-state index in [2.05, 4.69) is 25.7 Å². The van der Waals surface area contributed by atoms with E-state index in [1.807, 2.05) is 0 Å². The minimum Gasteiger partial charge on any atom is -0.496 e. The number of halogens is 2. The van der Waals surface area contributed by atoms with Crippen LogP contribution in [0.3, 0.4) is 0 Å². The Hall–Kier alpha value is -2.28. The molecule has 2 rings (SSSR count). The van der Waals surface area contributed by atoms with E-state index in [0.717, 1.165) is 0 Å². The molecule has 0 atom stereocenters. The highest BCUT2D eigenvalue weighted by molar-refractivity contribution is 9.10. The van der Waals surface area contributed by atoms with E-state index >= 15 is 0 Å². The molecule has 0 radical (unpaired) electrons. The summed E-state index contributed by atoms with van der Waals surface area (Å²) in [6, 6.07) is 5.87. The quantitative estimate of drug-likeness (QED) is 0.702. The standard InChI is InChI=1S/C17H15BrFNO4/c1-23-16-8-11(14(19)9-13(16)18)7-12(21)5-10-3-4-20-15(6-10)17(22)24-2/h3-4,6,8-9H,5,7H2,1-2H3. The fourth-order valence-electron chi connectivity index (χ4n) is 2.17. The summed E-state index contributed by atoms with van der Waals surface area (Å²) < 4.78 is 24.2. The number of hydrogen-bond donors (Lipinski definition) is 0. The van der Waals surface area contributed by atoms with Gasteiger partial charge in [-0.1, -0.05) is 0 Å². The summed E-state index contributed by atoms with van der Waals surface area (Å²) >= 11 is 3.19. The molecule has 0 saturated heterocycles. The molecule has 5 nitrogen and oxygen atoms in total. The molecule has 126 valence electrons. The van der Waals surface area contributed by atoms with E-state index < -0.39 is 11.8 Å². The summed E-state index contributed by atoms with van der Waals surface area (Å²) in [4.78, 5) is 27.5. The van der Waals surface area contributed by atoms with Crippen molar-refractivity contribution >= 4 is 27.7 Å². The molecule has 2 aromatic rings. The maximum Gasteiger partial charge on any atom is 0.356 e. The summed E-state index contributed by atoms with van der Waals surface area (Å²) in [5.41, 5.74) is 0.987. The third-order valence-electron chi connectivity index (χ3n) is 3.33. The van der Waals surface area contributed by atoms with Crippen molar-refractivity contribution in [1.82, 2.24) is 4.98 Å². The number of carbonyl (C=O) groups is 2. The van der Waals surface area contributed by atoms with Gasteiger partial charge in [-0.05, 0) is 51.3 Å². The third kappa shape index (κ3) is 4.38. The first kappa shape index (κ1) is 18.1. The number of hydrogen-bond acceptors (Lipinski definition) is 5. The Morgan fingerprint density at radius 3 is 2.62 bits per heavy atom. The topological polar surface area (TPSA) is 65.5 Å². The van der Waals surface area contributed by atoms with E-state index in [-0.39, 0.29) is 29.9 Å². The fourth-order valence-corrected chi connectivity index (χ4v) is 2.64. The number of aromatic nitrogens is 1. The summed E-state index contributed by atoms with van der Waals surface area (Å²) in [7, 11) is 2.72. The number of nitrogens with zero attached hydrogens (tertiary/aromatic N) is 1. The first-order chi connectivity index (χ1) is 11.4. The fraction of sp³-hybridized carbons (Fsp3) is 0.235. The van der Waals surface area contributed by atoms with Crippen molar-refractivity contribution in [1.29, 1.82) is 0 Å². The van der Waals surface area contributed by atoms with Crippen LogP contribution in [0.25, 0.3) is 0 Å². The van der Waals surface area contributed by atoms with Crippen LogP contribution in [0.5, 0.6) is 5.75 Å². The second kappa shape index (κ2) is 8.01. The van der Waals surface area contributed by atoms with Crippen LogP contribution in [0.4, 0.5) is 4.39 Å². The average Bonchev–Trinajstić information content (AvgIpc) is 2.56. The molecule has 0 aliphatic rings.